The number of hydrazone groups is 1. The highest BCUT2D eigenvalue weighted by Gasteiger charge is 2.19. The summed E-state index contributed by atoms with van der Waals surface area (Å²) in [5.41, 5.74) is 9.50. The minimum Gasteiger partial charge on any atom is -0.496 e. The number of halogens is 3. The quantitative estimate of drug-likeness (QED) is 0.450. The molecule has 0 spiro atoms. The van der Waals surface area contributed by atoms with Gasteiger partial charge in [0.05, 0.1) is 17.8 Å². The van der Waals surface area contributed by atoms with Crippen molar-refractivity contribution in [2.45, 2.75) is 13.3 Å². The zero-order valence-electron chi connectivity index (χ0n) is 13.4. The van der Waals surface area contributed by atoms with Crippen LogP contribution in [-0.4, -0.2) is 23.7 Å². The average Bonchev–Trinajstić information content (AvgIpc) is 2.61. The summed E-state index contributed by atoms with van der Waals surface area (Å²) >= 11 is 17.7. The molecular formula is C16H15Cl3N4O2. The van der Waals surface area contributed by atoms with E-state index in [4.69, 9.17) is 45.3 Å². The maximum atomic E-state index is 12.2. The van der Waals surface area contributed by atoms with E-state index in [9.17, 15) is 4.79 Å². The lowest BCUT2D eigenvalue weighted by Gasteiger charge is -2.09. The number of methoxy groups -OCH3 is 1. The van der Waals surface area contributed by atoms with Crippen LogP contribution < -0.4 is 15.9 Å². The number of benzene rings is 1. The molecule has 0 fully saturated rings. The second-order valence-corrected chi connectivity index (χ2v) is 6.18. The van der Waals surface area contributed by atoms with Crippen molar-refractivity contribution in [2.75, 3.05) is 12.8 Å². The third kappa shape index (κ3) is 4.54. The largest absolute Gasteiger partial charge is 0.496 e. The van der Waals surface area contributed by atoms with Crippen molar-refractivity contribution in [3.63, 3.8) is 0 Å². The van der Waals surface area contributed by atoms with Crippen LogP contribution in [0.1, 0.15) is 23.0 Å². The highest BCUT2D eigenvalue weighted by molar-refractivity contribution is 6.46. The lowest BCUT2D eigenvalue weighted by atomic mass is 10.1. The first-order chi connectivity index (χ1) is 11.8. The molecule has 0 atom stereocenters. The Morgan fingerprint density at radius 1 is 1.28 bits per heavy atom. The van der Waals surface area contributed by atoms with Gasteiger partial charge in [-0.2, -0.15) is 5.10 Å². The van der Waals surface area contributed by atoms with Gasteiger partial charge in [0.25, 0.3) is 5.91 Å². The number of rotatable bonds is 5. The number of anilines is 1. The van der Waals surface area contributed by atoms with E-state index in [0.29, 0.717) is 12.1 Å². The van der Waals surface area contributed by atoms with Gasteiger partial charge in [0, 0.05) is 12.1 Å². The van der Waals surface area contributed by atoms with Crippen molar-refractivity contribution in [1.29, 1.82) is 0 Å². The standard InChI is InChI=1S/C16H15Cl3N4O2/c1-8(7-9-5-3-4-6-10(9)25-2)22-23-16(24)14-11(17)13(20)12(18)15(19)21-14/h3-6H,7H2,1-2H3,(H2,20,21)(H,23,24)/b22-8+. The normalized spacial score (nSPS) is 11.3. The molecule has 2 rings (SSSR count). The number of nitrogen functional groups attached to an aromatic ring is 1. The molecule has 0 bridgehead atoms. The van der Waals surface area contributed by atoms with Gasteiger partial charge >= 0.3 is 0 Å². The molecule has 9 heteroatoms. The van der Waals surface area contributed by atoms with Crippen molar-refractivity contribution in [2.24, 2.45) is 5.10 Å². The Balaban J connectivity index is 2.15. The summed E-state index contributed by atoms with van der Waals surface area (Å²) in [5.74, 6) is 0.0972. The van der Waals surface area contributed by atoms with Crippen LogP contribution in [0.3, 0.4) is 0 Å². The van der Waals surface area contributed by atoms with Gasteiger partial charge in [-0.25, -0.2) is 10.4 Å². The van der Waals surface area contributed by atoms with Gasteiger partial charge in [-0.1, -0.05) is 53.0 Å². The molecule has 0 radical (unpaired) electrons. The number of hydrogen-bond donors (Lipinski definition) is 2. The predicted molar refractivity (Wildman–Crippen MR) is 101 cm³/mol. The Bertz CT molecular complexity index is 840. The topological polar surface area (TPSA) is 89.6 Å². The zero-order valence-corrected chi connectivity index (χ0v) is 15.7. The minimum atomic E-state index is -0.644. The third-order valence-corrected chi connectivity index (χ3v) is 4.41. The molecule has 0 aliphatic carbocycles. The summed E-state index contributed by atoms with van der Waals surface area (Å²) in [5, 5.41) is 3.85. The fourth-order valence-electron chi connectivity index (χ4n) is 2.05. The van der Waals surface area contributed by atoms with E-state index in [1.54, 1.807) is 14.0 Å². The third-order valence-electron chi connectivity index (χ3n) is 3.27. The highest BCUT2D eigenvalue weighted by atomic mass is 35.5. The van der Waals surface area contributed by atoms with Crippen LogP contribution in [0.25, 0.3) is 0 Å². The number of para-hydroxylation sites is 1. The fourth-order valence-corrected chi connectivity index (χ4v) is 2.64. The minimum absolute atomic E-state index is 0.000860. The van der Waals surface area contributed by atoms with Gasteiger partial charge < -0.3 is 10.5 Å². The summed E-state index contributed by atoms with van der Waals surface area (Å²) < 4.78 is 5.28. The van der Waals surface area contributed by atoms with Crippen molar-refractivity contribution < 1.29 is 9.53 Å². The van der Waals surface area contributed by atoms with E-state index in [0.717, 1.165) is 11.3 Å². The summed E-state index contributed by atoms with van der Waals surface area (Å²) in [7, 11) is 1.59. The molecule has 6 nitrogen and oxygen atoms in total. The molecule has 3 N–H and O–H groups in total. The van der Waals surface area contributed by atoms with Gasteiger partial charge in [0.1, 0.15) is 10.8 Å². The van der Waals surface area contributed by atoms with E-state index < -0.39 is 5.91 Å². The Morgan fingerprint density at radius 3 is 2.64 bits per heavy atom. The fraction of sp³-hybridized carbons (Fsp3) is 0.188. The number of nitrogens with one attached hydrogen (secondary N) is 1. The Hall–Kier alpha value is -2.02. The second kappa shape index (κ2) is 8.38. The van der Waals surface area contributed by atoms with Crippen LogP contribution in [0, 0.1) is 0 Å². The van der Waals surface area contributed by atoms with Crippen LogP contribution >= 0.6 is 34.8 Å². The monoisotopic (exact) mass is 400 g/mol. The molecule has 2 aromatic rings. The number of nitrogens with two attached hydrogens (primary N) is 1. The van der Waals surface area contributed by atoms with Gasteiger partial charge in [-0.05, 0) is 18.6 Å². The van der Waals surface area contributed by atoms with E-state index in [2.05, 4.69) is 15.5 Å². The van der Waals surface area contributed by atoms with Crippen molar-refractivity contribution >= 4 is 52.1 Å². The first-order valence-electron chi connectivity index (χ1n) is 7.10. The van der Waals surface area contributed by atoms with Gasteiger partial charge in [0.15, 0.2) is 10.8 Å². The zero-order chi connectivity index (χ0) is 18.6. The highest BCUT2D eigenvalue weighted by Crippen LogP contribution is 2.34. The van der Waals surface area contributed by atoms with Crippen molar-refractivity contribution in [1.82, 2.24) is 10.4 Å². The van der Waals surface area contributed by atoms with Crippen LogP contribution in [0.5, 0.6) is 5.75 Å². The lowest BCUT2D eigenvalue weighted by Crippen LogP contribution is -2.22. The molecule has 25 heavy (non-hydrogen) atoms. The molecule has 0 unspecified atom stereocenters. The van der Waals surface area contributed by atoms with Crippen molar-refractivity contribution in [3.05, 3.63) is 50.7 Å². The maximum Gasteiger partial charge on any atom is 0.291 e. The Labute approximate surface area is 159 Å². The van der Waals surface area contributed by atoms with Crippen LogP contribution in [-0.2, 0) is 6.42 Å². The van der Waals surface area contributed by atoms with E-state index >= 15 is 0 Å². The second-order valence-electron chi connectivity index (χ2n) is 5.07. The van der Waals surface area contributed by atoms with Gasteiger partial charge in [-0.3, -0.25) is 4.79 Å². The van der Waals surface area contributed by atoms with Crippen LogP contribution in [0.15, 0.2) is 29.4 Å². The van der Waals surface area contributed by atoms with Crippen molar-refractivity contribution in [3.8, 4) is 5.75 Å². The number of ether oxygens (including phenoxy) is 1. The summed E-state index contributed by atoms with van der Waals surface area (Å²) in [6.45, 7) is 1.77. The van der Waals surface area contributed by atoms with Gasteiger partial charge in [0.2, 0.25) is 0 Å². The van der Waals surface area contributed by atoms with E-state index in [-0.39, 0.29) is 26.6 Å². The molecule has 1 aromatic heterocycles. The van der Waals surface area contributed by atoms with Crippen LogP contribution in [0.4, 0.5) is 5.69 Å². The molecule has 1 amide bonds. The molecule has 1 heterocycles. The first-order valence-corrected chi connectivity index (χ1v) is 8.23. The summed E-state index contributed by atoms with van der Waals surface area (Å²) in [4.78, 5) is 16.1. The molecule has 0 saturated carbocycles. The smallest absolute Gasteiger partial charge is 0.291 e. The van der Waals surface area contributed by atoms with E-state index in [1.165, 1.54) is 0 Å². The predicted octanol–water partition coefficient (Wildman–Crippen LogP) is 3.98. The summed E-state index contributed by atoms with van der Waals surface area (Å²) in [6.07, 6.45) is 0.495. The molecular weight excluding hydrogens is 387 g/mol. The number of amides is 1. The number of aromatic nitrogens is 1. The molecule has 0 aliphatic rings. The molecule has 132 valence electrons. The maximum absolute atomic E-state index is 12.2. The number of pyridine rings is 1. The van der Waals surface area contributed by atoms with Gasteiger partial charge in [-0.15, -0.1) is 0 Å². The SMILES string of the molecule is COc1ccccc1C/C(C)=N/NC(=O)c1nc(Cl)c(Cl)c(N)c1Cl. The molecule has 0 aliphatic heterocycles. The lowest BCUT2D eigenvalue weighted by molar-refractivity contribution is 0.0950. The first kappa shape index (κ1) is 19.3. The van der Waals surface area contributed by atoms with E-state index in [1.807, 2.05) is 24.3 Å². The number of hydrogen-bond acceptors (Lipinski definition) is 5. The molecule has 1 aromatic carbocycles. The Kier molecular flexibility index (Phi) is 6.47. The average molecular weight is 402 g/mol. The van der Waals surface area contributed by atoms with Crippen LogP contribution in [0.2, 0.25) is 15.2 Å². The molecule has 0 saturated heterocycles. The number of nitrogens with zero attached hydrogens (tertiary/aromatic N) is 2. The Morgan fingerprint density at radius 2 is 1.96 bits per heavy atom. The number of carbonyl (C=O) groups excluding carboxylic acids is 1. The summed E-state index contributed by atoms with van der Waals surface area (Å²) in [6, 6.07) is 7.53. The number of carbonyl (C=O) groups is 1.